The summed E-state index contributed by atoms with van der Waals surface area (Å²) >= 11 is 1.36. The molecule has 6 nitrogen and oxygen atoms in total. The first-order chi connectivity index (χ1) is 13.4. The van der Waals surface area contributed by atoms with Crippen molar-refractivity contribution in [2.24, 2.45) is 0 Å². The minimum atomic E-state index is -3.53. The van der Waals surface area contributed by atoms with Gasteiger partial charge in [-0.05, 0) is 30.5 Å². The molecule has 0 amide bonds. The minimum Gasteiger partial charge on any atom is -0.481 e. The molecule has 28 heavy (non-hydrogen) atoms. The molecule has 0 bridgehead atoms. The maximum Gasteiger partial charge on any atom is 0.305 e. The molecule has 1 N–H and O–H groups in total. The van der Waals surface area contributed by atoms with Crippen LogP contribution in [0.3, 0.4) is 0 Å². The average molecular weight is 418 g/mol. The number of carboxylic acids is 1. The molecular weight excluding hydrogens is 398 g/mol. The molecule has 1 aromatic carbocycles. The SMILES string of the molecule is O=C(O)C[C@]1(c2ccc(-c3ccc(-c4ccno4)cc3)s2)CCCCS1(=O)=O. The molecule has 8 heteroatoms. The molecule has 2 aromatic heterocycles. The summed E-state index contributed by atoms with van der Waals surface area (Å²) in [6.45, 7) is 0. The van der Waals surface area contributed by atoms with Crippen molar-refractivity contribution in [2.45, 2.75) is 30.4 Å². The van der Waals surface area contributed by atoms with Crippen molar-refractivity contribution >= 4 is 27.1 Å². The van der Waals surface area contributed by atoms with E-state index in [1.165, 1.54) is 11.3 Å². The van der Waals surface area contributed by atoms with E-state index >= 15 is 0 Å². The molecule has 146 valence electrons. The maximum atomic E-state index is 12.9. The molecule has 3 aromatic rings. The highest BCUT2D eigenvalue weighted by atomic mass is 32.2. The second-order valence-electron chi connectivity index (χ2n) is 6.96. The molecule has 1 fully saturated rings. The molecule has 3 heterocycles. The van der Waals surface area contributed by atoms with Crippen LogP contribution in [-0.2, 0) is 19.4 Å². The standard InChI is InChI=1S/C20H19NO5S2/c22-19(23)13-20(10-1-2-12-28(20,24)25)18-8-7-17(27-18)15-5-3-14(4-6-15)16-9-11-21-26-16/h3-9,11H,1-2,10,12-13H2,(H,22,23)/t20-/m0/s1. The van der Waals surface area contributed by atoms with Gasteiger partial charge >= 0.3 is 5.97 Å². The third-order valence-corrected chi connectivity index (χ3v) is 9.28. The highest BCUT2D eigenvalue weighted by molar-refractivity contribution is 7.92. The Balaban J connectivity index is 1.70. The highest BCUT2D eigenvalue weighted by Crippen LogP contribution is 2.47. The van der Waals surface area contributed by atoms with E-state index in [1.807, 2.05) is 30.3 Å². The zero-order chi connectivity index (χ0) is 19.8. The van der Waals surface area contributed by atoms with Crippen LogP contribution >= 0.6 is 11.3 Å². The molecule has 0 saturated carbocycles. The van der Waals surface area contributed by atoms with Crippen molar-refractivity contribution < 1.29 is 22.8 Å². The molecule has 4 rings (SSSR count). The number of sulfone groups is 1. The van der Waals surface area contributed by atoms with E-state index < -0.39 is 20.6 Å². The van der Waals surface area contributed by atoms with E-state index in [9.17, 15) is 18.3 Å². The van der Waals surface area contributed by atoms with Crippen molar-refractivity contribution in [3.05, 3.63) is 53.5 Å². The lowest BCUT2D eigenvalue weighted by molar-refractivity contribution is -0.137. The smallest absolute Gasteiger partial charge is 0.305 e. The van der Waals surface area contributed by atoms with E-state index in [4.69, 9.17) is 4.52 Å². The summed E-state index contributed by atoms with van der Waals surface area (Å²) in [5.74, 6) is -0.372. The largest absolute Gasteiger partial charge is 0.481 e. The summed E-state index contributed by atoms with van der Waals surface area (Å²) in [6.07, 6.45) is 2.85. The van der Waals surface area contributed by atoms with Gasteiger partial charge in [-0.15, -0.1) is 11.3 Å². The van der Waals surface area contributed by atoms with Crippen LogP contribution in [0.15, 0.2) is 53.2 Å². The molecule has 0 radical (unpaired) electrons. The third-order valence-electron chi connectivity index (χ3n) is 5.22. The summed E-state index contributed by atoms with van der Waals surface area (Å²) in [4.78, 5) is 13.0. The molecule has 1 aliphatic heterocycles. The van der Waals surface area contributed by atoms with Crippen molar-refractivity contribution in [2.75, 3.05) is 5.75 Å². The molecule has 1 atom stereocenters. The summed E-state index contributed by atoms with van der Waals surface area (Å²) in [6, 6.07) is 13.1. The zero-order valence-corrected chi connectivity index (χ0v) is 16.6. The lowest BCUT2D eigenvalue weighted by Crippen LogP contribution is -2.41. The molecule has 0 unspecified atom stereocenters. The number of aromatic nitrogens is 1. The Kier molecular flexibility index (Phi) is 4.84. The van der Waals surface area contributed by atoms with Crippen LogP contribution in [0.25, 0.3) is 21.8 Å². The van der Waals surface area contributed by atoms with Crippen molar-refractivity contribution in [3.63, 3.8) is 0 Å². The number of hydrogen-bond donors (Lipinski definition) is 1. The van der Waals surface area contributed by atoms with Gasteiger partial charge in [-0.25, -0.2) is 8.42 Å². The Morgan fingerprint density at radius 2 is 1.86 bits per heavy atom. The predicted octanol–water partition coefficient (Wildman–Crippen LogP) is 4.34. The maximum absolute atomic E-state index is 12.9. The molecule has 0 spiro atoms. The van der Waals surface area contributed by atoms with Gasteiger partial charge in [-0.1, -0.05) is 35.8 Å². The number of carbonyl (C=O) groups is 1. The lowest BCUT2D eigenvalue weighted by Gasteiger charge is -2.34. The van der Waals surface area contributed by atoms with E-state index in [-0.39, 0.29) is 12.2 Å². The van der Waals surface area contributed by atoms with Gasteiger partial charge in [0.2, 0.25) is 0 Å². The Hall–Kier alpha value is -2.45. The minimum absolute atomic E-state index is 0.0411. The van der Waals surface area contributed by atoms with Gasteiger partial charge in [0.05, 0.1) is 18.4 Å². The quantitative estimate of drug-likeness (QED) is 0.663. The van der Waals surface area contributed by atoms with Gasteiger partial charge in [0.25, 0.3) is 0 Å². The van der Waals surface area contributed by atoms with E-state index in [0.717, 1.165) is 16.0 Å². The Labute approximate surface area is 166 Å². The van der Waals surface area contributed by atoms with Gasteiger partial charge in [0, 0.05) is 21.4 Å². The summed E-state index contributed by atoms with van der Waals surface area (Å²) in [5, 5.41) is 13.1. The fourth-order valence-corrected chi connectivity index (χ4v) is 7.54. The Bertz CT molecular complexity index is 1080. The van der Waals surface area contributed by atoms with Gasteiger partial charge in [0.1, 0.15) is 4.75 Å². The number of hydrogen-bond acceptors (Lipinski definition) is 6. The lowest BCUT2D eigenvalue weighted by atomic mass is 9.95. The number of rotatable bonds is 5. The number of thiophene rings is 1. The third kappa shape index (κ3) is 3.27. The van der Waals surface area contributed by atoms with Crippen molar-refractivity contribution in [1.82, 2.24) is 5.16 Å². The van der Waals surface area contributed by atoms with Crippen LogP contribution in [0.4, 0.5) is 0 Å². The molecular formula is C20H19NO5S2. The molecule has 1 aliphatic rings. The Morgan fingerprint density at radius 1 is 1.11 bits per heavy atom. The van der Waals surface area contributed by atoms with E-state index in [0.29, 0.717) is 29.9 Å². The summed E-state index contributed by atoms with van der Waals surface area (Å²) in [5.41, 5.74) is 1.84. The van der Waals surface area contributed by atoms with Crippen LogP contribution in [0.2, 0.25) is 0 Å². The fourth-order valence-electron chi connectivity index (χ4n) is 3.76. The first kappa shape index (κ1) is 18.9. The first-order valence-corrected chi connectivity index (χ1v) is 11.4. The van der Waals surface area contributed by atoms with E-state index in [2.05, 4.69) is 5.16 Å². The van der Waals surface area contributed by atoms with Crippen LogP contribution in [-0.4, -0.2) is 30.4 Å². The van der Waals surface area contributed by atoms with Gasteiger partial charge in [-0.2, -0.15) is 0 Å². The van der Waals surface area contributed by atoms with E-state index in [1.54, 1.807) is 18.3 Å². The Morgan fingerprint density at radius 3 is 2.50 bits per heavy atom. The number of aliphatic carboxylic acids is 1. The van der Waals surface area contributed by atoms with Crippen molar-refractivity contribution in [1.29, 1.82) is 0 Å². The van der Waals surface area contributed by atoms with Gasteiger partial charge in [0.15, 0.2) is 15.6 Å². The topological polar surface area (TPSA) is 97.5 Å². The average Bonchev–Trinajstić information content (AvgIpc) is 3.35. The second kappa shape index (κ2) is 7.18. The van der Waals surface area contributed by atoms with Crippen LogP contribution in [0.5, 0.6) is 0 Å². The van der Waals surface area contributed by atoms with Gasteiger partial charge < -0.3 is 9.63 Å². The van der Waals surface area contributed by atoms with Crippen LogP contribution in [0, 0.1) is 0 Å². The summed E-state index contributed by atoms with van der Waals surface area (Å²) in [7, 11) is -3.53. The predicted molar refractivity (Wildman–Crippen MR) is 107 cm³/mol. The second-order valence-corrected chi connectivity index (χ2v) is 10.5. The normalized spacial score (nSPS) is 21.4. The van der Waals surface area contributed by atoms with Crippen LogP contribution < -0.4 is 0 Å². The molecule has 1 saturated heterocycles. The first-order valence-electron chi connectivity index (χ1n) is 8.97. The zero-order valence-electron chi connectivity index (χ0n) is 15.0. The van der Waals surface area contributed by atoms with Gasteiger partial charge in [-0.3, -0.25) is 4.79 Å². The summed E-state index contributed by atoms with van der Waals surface area (Å²) < 4.78 is 29.6. The highest BCUT2D eigenvalue weighted by Gasteiger charge is 2.49. The fraction of sp³-hybridized carbons (Fsp3) is 0.300. The van der Waals surface area contributed by atoms with Crippen molar-refractivity contribution in [3.8, 4) is 21.8 Å². The monoisotopic (exact) mass is 417 g/mol. The molecule has 0 aliphatic carbocycles. The van der Waals surface area contributed by atoms with Crippen LogP contribution in [0.1, 0.15) is 30.6 Å². The number of benzene rings is 1. The number of nitrogens with zero attached hydrogens (tertiary/aromatic N) is 1. The number of carboxylic acid groups (broad SMARTS) is 1.